The number of hydrogen-bond donors (Lipinski definition) is 1. The van der Waals surface area contributed by atoms with Gasteiger partial charge in [0.2, 0.25) is 11.8 Å². The van der Waals surface area contributed by atoms with Gasteiger partial charge in [0.15, 0.2) is 5.17 Å². The van der Waals surface area contributed by atoms with Crippen molar-refractivity contribution < 1.29 is 9.59 Å². The summed E-state index contributed by atoms with van der Waals surface area (Å²) in [5.41, 5.74) is 4.85. The van der Waals surface area contributed by atoms with Crippen LogP contribution in [0.4, 0.5) is 11.4 Å². The van der Waals surface area contributed by atoms with Crippen molar-refractivity contribution in [3.05, 3.63) is 59.2 Å². The Morgan fingerprint density at radius 2 is 1.90 bits per heavy atom. The molecule has 1 saturated heterocycles. The Morgan fingerprint density at radius 1 is 1.14 bits per heavy atom. The Balaban J connectivity index is 1.75. The van der Waals surface area contributed by atoms with E-state index in [1.54, 1.807) is 4.90 Å². The van der Waals surface area contributed by atoms with Crippen LogP contribution in [-0.2, 0) is 9.59 Å². The number of aliphatic imine (C=N–C) groups is 1. The van der Waals surface area contributed by atoms with E-state index >= 15 is 0 Å². The molecule has 29 heavy (non-hydrogen) atoms. The summed E-state index contributed by atoms with van der Waals surface area (Å²) in [4.78, 5) is 32.0. The molecule has 6 heteroatoms. The topological polar surface area (TPSA) is 61.8 Å². The third-order valence-electron chi connectivity index (χ3n) is 4.83. The average molecular weight is 410 g/mol. The van der Waals surface area contributed by atoms with Gasteiger partial charge in [-0.1, -0.05) is 54.6 Å². The average Bonchev–Trinajstić information content (AvgIpc) is 2.95. The van der Waals surface area contributed by atoms with Crippen LogP contribution >= 0.6 is 11.8 Å². The Morgan fingerprint density at radius 3 is 2.59 bits per heavy atom. The third-order valence-corrected chi connectivity index (χ3v) is 6.00. The Labute approximate surface area is 176 Å². The highest BCUT2D eigenvalue weighted by atomic mass is 32.2. The van der Waals surface area contributed by atoms with Crippen LogP contribution < -0.4 is 5.32 Å². The van der Waals surface area contributed by atoms with Gasteiger partial charge in [-0.3, -0.25) is 14.5 Å². The molecule has 3 rings (SSSR count). The third kappa shape index (κ3) is 5.07. The first-order valence-corrected chi connectivity index (χ1v) is 10.8. The molecule has 0 unspecified atom stereocenters. The molecule has 2 aromatic rings. The minimum absolute atomic E-state index is 0.0417. The van der Waals surface area contributed by atoms with E-state index in [0.29, 0.717) is 11.7 Å². The fourth-order valence-corrected chi connectivity index (χ4v) is 4.45. The molecule has 1 N–H and O–H groups in total. The van der Waals surface area contributed by atoms with Crippen LogP contribution in [0, 0.1) is 20.8 Å². The highest BCUT2D eigenvalue weighted by Gasteiger charge is 2.38. The van der Waals surface area contributed by atoms with Crippen molar-refractivity contribution in [2.24, 2.45) is 4.99 Å². The summed E-state index contributed by atoms with van der Waals surface area (Å²) in [5.74, 6) is -0.198. The summed E-state index contributed by atoms with van der Waals surface area (Å²) in [7, 11) is 0. The minimum Gasteiger partial charge on any atom is -0.326 e. The van der Waals surface area contributed by atoms with Gasteiger partial charge in [-0.15, -0.1) is 0 Å². The van der Waals surface area contributed by atoms with Crippen molar-refractivity contribution in [3.63, 3.8) is 0 Å². The van der Waals surface area contributed by atoms with E-state index in [1.165, 1.54) is 11.8 Å². The van der Waals surface area contributed by atoms with Crippen LogP contribution in [0.25, 0.3) is 0 Å². The summed E-state index contributed by atoms with van der Waals surface area (Å²) >= 11 is 1.38. The van der Waals surface area contributed by atoms with Crippen molar-refractivity contribution >= 4 is 40.1 Å². The van der Waals surface area contributed by atoms with Gasteiger partial charge in [0.1, 0.15) is 5.25 Å². The van der Waals surface area contributed by atoms with Crippen LogP contribution in [0.1, 0.15) is 36.5 Å². The predicted molar refractivity (Wildman–Crippen MR) is 121 cm³/mol. The van der Waals surface area contributed by atoms with Crippen LogP contribution in [0.15, 0.2) is 47.5 Å². The lowest BCUT2D eigenvalue weighted by molar-refractivity contribution is -0.128. The molecule has 2 amide bonds. The van der Waals surface area contributed by atoms with Crippen molar-refractivity contribution in [2.45, 2.75) is 45.8 Å². The first kappa shape index (κ1) is 21.1. The SMILES string of the molecule is CCCN1C(=O)[C@H](CC(=O)Nc2ccc(C)cc2C)SC1=Nc1ccccc1C. The monoisotopic (exact) mass is 409 g/mol. The summed E-state index contributed by atoms with van der Waals surface area (Å²) in [6.07, 6.45) is 0.963. The lowest BCUT2D eigenvalue weighted by atomic mass is 10.1. The lowest BCUT2D eigenvalue weighted by Crippen LogP contribution is -2.34. The molecule has 0 radical (unpaired) electrons. The number of para-hydroxylation sites is 1. The number of nitrogens with zero attached hydrogens (tertiary/aromatic N) is 2. The van der Waals surface area contributed by atoms with Crippen LogP contribution in [0.2, 0.25) is 0 Å². The number of carbonyl (C=O) groups is 2. The second kappa shape index (κ2) is 9.27. The first-order chi connectivity index (χ1) is 13.9. The van der Waals surface area contributed by atoms with Gasteiger partial charge in [0.05, 0.1) is 5.69 Å². The molecule has 1 heterocycles. The molecular formula is C23H27N3O2S. The minimum atomic E-state index is -0.449. The molecule has 0 aromatic heterocycles. The van der Waals surface area contributed by atoms with Crippen LogP contribution in [0.5, 0.6) is 0 Å². The maximum Gasteiger partial charge on any atom is 0.242 e. The molecule has 1 fully saturated rings. The number of thioether (sulfide) groups is 1. The number of amides is 2. The maximum absolute atomic E-state index is 12.9. The summed E-state index contributed by atoms with van der Waals surface area (Å²) in [6, 6.07) is 13.7. The van der Waals surface area contributed by atoms with E-state index in [1.807, 2.05) is 70.2 Å². The van der Waals surface area contributed by atoms with Crippen molar-refractivity contribution in [3.8, 4) is 0 Å². The molecule has 0 saturated carbocycles. The summed E-state index contributed by atoms with van der Waals surface area (Å²) in [5, 5.41) is 3.17. The molecule has 1 aliphatic heterocycles. The van der Waals surface area contributed by atoms with Gasteiger partial charge in [-0.05, 0) is 50.5 Å². The zero-order valence-corrected chi connectivity index (χ0v) is 18.2. The van der Waals surface area contributed by atoms with Gasteiger partial charge in [0.25, 0.3) is 0 Å². The molecule has 2 aromatic carbocycles. The van der Waals surface area contributed by atoms with Gasteiger partial charge in [-0.25, -0.2) is 4.99 Å². The molecule has 0 aliphatic carbocycles. The molecule has 5 nitrogen and oxygen atoms in total. The first-order valence-electron chi connectivity index (χ1n) is 9.88. The Kier molecular flexibility index (Phi) is 6.75. The highest BCUT2D eigenvalue weighted by Crippen LogP contribution is 2.33. The summed E-state index contributed by atoms with van der Waals surface area (Å²) < 4.78 is 0. The lowest BCUT2D eigenvalue weighted by Gasteiger charge is -2.15. The number of aryl methyl sites for hydroxylation is 3. The number of amidine groups is 1. The fraction of sp³-hybridized carbons (Fsp3) is 0.348. The van der Waals surface area contributed by atoms with Crippen molar-refractivity contribution in [1.29, 1.82) is 0 Å². The maximum atomic E-state index is 12.9. The number of rotatable bonds is 6. The van der Waals surface area contributed by atoms with Crippen molar-refractivity contribution in [2.75, 3.05) is 11.9 Å². The van der Waals surface area contributed by atoms with E-state index in [0.717, 1.165) is 34.5 Å². The van der Waals surface area contributed by atoms with Gasteiger partial charge in [0, 0.05) is 18.7 Å². The van der Waals surface area contributed by atoms with Crippen molar-refractivity contribution in [1.82, 2.24) is 4.90 Å². The van der Waals surface area contributed by atoms with E-state index in [-0.39, 0.29) is 18.2 Å². The summed E-state index contributed by atoms with van der Waals surface area (Å²) in [6.45, 7) is 8.62. The number of carbonyl (C=O) groups excluding carboxylic acids is 2. The largest absolute Gasteiger partial charge is 0.326 e. The van der Waals surface area contributed by atoms with E-state index < -0.39 is 5.25 Å². The Hall–Kier alpha value is -2.60. The smallest absolute Gasteiger partial charge is 0.242 e. The van der Waals surface area contributed by atoms with E-state index in [4.69, 9.17) is 4.99 Å². The standard InChI is InChI=1S/C23H27N3O2S/c1-5-12-26-22(28)20(29-23(26)25-18-9-7-6-8-16(18)3)14-21(27)24-19-11-10-15(2)13-17(19)4/h6-11,13,20H,5,12,14H2,1-4H3,(H,24,27)/t20-/m0/s1. The van der Waals surface area contributed by atoms with E-state index in [9.17, 15) is 9.59 Å². The fourth-order valence-electron chi connectivity index (χ4n) is 3.27. The van der Waals surface area contributed by atoms with E-state index in [2.05, 4.69) is 5.32 Å². The quantitative estimate of drug-likeness (QED) is 0.732. The zero-order chi connectivity index (χ0) is 21.0. The second-order valence-corrected chi connectivity index (χ2v) is 8.52. The number of nitrogens with one attached hydrogen (secondary N) is 1. The van der Waals surface area contributed by atoms with Crippen LogP contribution in [0.3, 0.4) is 0 Å². The number of benzene rings is 2. The number of anilines is 1. The Bertz CT molecular complexity index is 955. The molecule has 0 bridgehead atoms. The zero-order valence-electron chi connectivity index (χ0n) is 17.4. The molecule has 152 valence electrons. The van der Waals surface area contributed by atoms with Gasteiger partial charge >= 0.3 is 0 Å². The molecule has 0 spiro atoms. The predicted octanol–water partition coefficient (Wildman–Crippen LogP) is 4.98. The molecular weight excluding hydrogens is 382 g/mol. The normalized spacial score (nSPS) is 17.8. The van der Waals surface area contributed by atoms with Crippen LogP contribution in [-0.4, -0.2) is 33.7 Å². The highest BCUT2D eigenvalue weighted by molar-refractivity contribution is 8.15. The van der Waals surface area contributed by atoms with Gasteiger partial charge < -0.3 is 5.32 Å². The number of hydrogen-bond acceptors (Lipinski definition) is 4. The second-order valence-electron chi connectivity index (χ2n) is 7.35. The molecule has 1 aliphatic rings. The molecule has 1 atom stereocenters. The van der Waals surface area contributed by atoms with Gasteiger partial charge in [-0.2, -0.15) is 0 Å².